The fourth-order valence-corrected chi connectivity index (χ4v) is 3.86. The molecule has 4 rings (SSSR count). The van der Waals surface area contributed by atoms with E-state index in [1.807, 2.05) is 24.3 Å². The molecular weight excluding hydrogens is 336 g/mol. The van der Waals surface area contributed by atoms with Crippen LogP contribution in [-0.2, 0) is 4.74 Å². The third-order valence-electron chi connectivity index (χ3n) is 5.11. The molecule has 6 heteroatoms. The Morgan fingerprint density at radius 3 is 2.80 bits per heavy atom. The highest BCUT2D eigenvalue weighted by molar-refractivity contribution is 6.31. The van der Waals surface area contributed by atoms with Gasteiger partial charge in [0, 0.05) is 49.7 Å². The Kier molecular flexibility index (Phi) is 4.76. The molecular formula is C19H21ClN4O. The summed E-state index contributed by atoms with van der Waals surface area (Å²) in [5, 5.41) is 10.9. The SMILES string of the molecule is N#Cc1cc(N2CCN(CC3CCOC3)CC2)nc2ccc(Cl)cc12. The average molecular weight is 357 g/mol. The molecule has 2 aliphatic heterocycles. The Hall–Kier alpha value is -1.87. The van der Waals surface area contributed by atoms with Crippen LogP contribution in [0.1, 0.15) is 12.0 Å². The molecule has 2 aromatic rings. The molecule has 130 valence electrons. The predicted octanol–water partition coefficient (Wildman–Crippen LogP) is 2.92. The minimum absolute atomic E-state index is 0.628. The highest BCUT2D eigenvalue weighted by atomic mass is 35.5. The van der Waals surface area contributed by atoms with E-state index in [1.165, 1.54) is 6.42 Å². The molecule has 2 fully saturated rings. The summed E-state index contributed by atoms with van der Waals surface area (Å²) in [4.78, 5) is 9.54. The lowest BCUT2D eigenvalue weighted by atomic mass is 10.1. The number of nitriles is 1. The number of hydrogen-bond donors (Lipinski definition) is 0. The number of hydrogen-bond acceptors (Lipinski definition) is 5. The van der Waals surface area contributed by atoms with E-state index < -0.39 is 0 Å². The van der Waals surface area contributed by atoms with Crippen molar-refractivity contribution in [2.75, 3.05) is 50.8 Å². The highest BCUT2D eigenvalue weighted by Crippen LogP contribution is 2.26. The Balaban J connectivity index is 1.49. The summed E-state index contributed by atoms with van der Waals surface area (Å²) in [7, 11) is 0. The molecule has 1 aromatic carbocycles. The van der Waals surface area contributed by atoms with Gasteiger partial charge in [0.25, 0.3) is 0 Å². The van der Waals surface area contributed by atoms with Crippen LogP contribution in [0.4, 0.5) is 5.82 Å². The van der Waals surface area contributed by atoms with Gasteiger partial charge < -0.3 is 9.64 Å². The molecule has 0 spiro atoms. The van der Waals surface area contributed by atoms with Crippen molar-refractivity contribution in [3.63, 3.8) is 0 Å². The van der Waals surface area contributed by atoms with Crippen molar-refractivity contribution < 1.29 is 4.74 Å². The minimum atomic E-state index is 0.628. The Labute approximate surface area is 152 Å². The van der Waals surface area contributed by atoms with Gasteiger partial charge in [-0.2, -0.15) is 5.26 Å². The number of fused-ring (bicyclic) bond motifs is 1. The van der Waals surface area contributed by atoms with Gasteiger partial charge in [0.1, 0.15) is 5.82 Å². The molecule has 0 N–H and O–H groups in total. The molecule has 0 radical (unpaired) electrons. The molecule has 0 aliphatic carbocycles. The van der Waals surface area contributed by atoms with E-state index in [9.17, 15) is 5.26 Å². The monoisotopic (exact) mass is 356 g/mol. The molecule has 3 heterocycles. The summed E-state index contributed by atoms with van der Waals surface area (Å²) in [5.74, 6) is 1.57. The number of rotatable bonds is 3. The number of benzene rings is 1. The average Bonchev–Trinajstić information content (AvgIpc) is 3.14. The second-order valence-corrected chi connectivity index (χ2v) is 7.25. The molecule has 1 unspecified atom stereocenters. The molecule has 1 atom stereocenters. The third-order valence-corrected chi connectivity index (χ3v) is 5.35. The van der Waals surface area contributed by atoms with Gasteiger partial charge in [-0.3, -0.25) is 4.90 Å². The molecule has 0 bridgehead atoms. The van der Waals surface area contributed by atoms with Crippen LogP contribution in [0.3, 0.4) is 0 Å². The van der Waals surface area contributed by atoms with E-state index in [2.05, 4.69) is 15.9 Å². The lowest BCUT2D eigenvalue weighted by molar-refractivity contribution is 0.164. The van der Waals surface area contributed by atoms with Gasteiger partial charge in [-0.25, -0.2) is 4.98 Å². The summed E-state index contributed by atoms with van der Waals surface area (Å²) in [6.07, 6.45) is 1.18. The smallest absolute Gasteiger partial charge is 0.130 e. The quantitative estimate of drug-likeness (QED) is 0.846. The van der Waals surface area contributed by atoms with Crippen molar-refractivity contribution in [1.82, 2.24) is 9.88 Å². The first-order valence-electron chi connectivity index (χ1n) is 8.78. The third kappa shape index (κ3) is 3.57. The normalized spacial score (nSPS) is 21.6. The maximum absolute atomic E-state index is 9.49. The summed E-state index contributed by atoms with van der Waals surface area (Å²) < 4.78 is 5.48. The number of piperazine rings is 1. The summed E-state index contributed by atoms with van der Waals surface area (Å²) in [6, 6.07) is 9.70. The van der Waals surface area contributed by atoms with Crippen LogP contribution in [0.15, 0.2) is 24.3 Å². The fourth-order valence-electron chi connectivity index (χ4n) is 3.69. The zero-order valence-electron chi connectivity index (χ0n) is 14.1. The van der Waals surface area contributed by atoms with Gasteiger partial charge in [0.15, 0.2) is 0 Å². The van der Waals surface area contributed by atoms with Gasteiger partial charge >= 0.3 is 0 Å². The molecule has 1 aromatic heterocycles. The van der Waals surface area contributed by atoms with Gasteiger partial charge in [-0.05, 0) is 36.6 Å². The second-order valence-electron chi connectivity index (χ2n) is 6.82. The lowest BCUT2D eigenvalue weighted by Crippen LogP contribution is -2.48. The van der Waals surface area contributed by atoms with E-state index in [4.69, 9.17) is 21.3 Å². The molecule has 5 nitrogen and oxygen atoms in total. The van der Waals surface area contributed by atoms with Crippen LogP contribution in [0.5, 0.6) is 0 Å². The molecule has 0 amide bonds. The largest absolute Gasteiger partial charge is 0.381 e. The van der Waals surface area contributed by atoms with E-state index in [1.54, 1.807) is 0 Å². The zero-order chi connectivity index (χ0) is 17.2. The maximum Gasteiger partial charge on any atom is 0.130 e. The van der Waals surface area contributed by atoms with Crippen molar-refractivity contribution in [3.8, 4) is 6.07 Å². The number of anilines is 1. The van der Waals surface area contributed by atoms with E-state index in [0.717, 1.165) is 62.7 Å². The molecule has 2 saturated heterocycles. The van der Waals surface area contributed by atoms with Crippen LogP contribution in [0.2, 0.25) is 5.02 Å². The number of ether oxygens (including phenoxy) is 1. The fraction of sp³-hybridized carbons (Fsp3) is 0.474. The predicted molar refractivity (Wildman–Crippen MR) is 99.0 cm³/mol. The second kappa shape index (κ2) is 7.17. The molecule has 0 saturated carbocycles. The van der Waals surface area contributed by atoms with Crippen LogP contribution < -0.4 is 4.90 Å². The Morgan fingerprint density at radius 1 is 1.24 bits per heavy atom. The van der Waals surface area contributed by atoms with Crippen LogP contribution in [0.25, 0.3) is 10.9 Å². The van der Waals surface area contributed by atoms with Gasteiger partial charge in [-0.15, -0.1) is 0 Å². The maximum atomic E-state index is 9.49. The van der Waals surface area contributed by atoms with Gasteiger partial charge in [-0.1, -0.05) is 11.6 Å². The summed E-state index contributed by atoms with van der Waals surface area (Å²) >= 11 is 6.06. The van der Waals surface area contributed by atoms with E-state index in [0.29, 0.717) is 16.5 Å². The van der Waals surface area contributed by atoms with Gasteiger partial charge in [0.2, 0.25) is 0 Å². The number of aromatic nitrogens is 1. The van der Waals surface area contributed by atoms with Gasteiger partial charge in [0.05, 0.1) is 23.8 Å². The standard InChI is InChI=1S/C19H21ClN4O/c20-16-1-2-18-17(10-16)15(11-21)9-19(22-18)24-6-4-23(5-7-24)12-14-3-8-25-13-14/h1-2,9-10,14H,3-8,12-13H2. The van der Waals surface area contributed by atoms with Crippen molar-refractivity contribution in [3.05, 3.63) is 34.9 Å². The number of halogens is 1. The van der Waals surface area contributed by atoms with Crippen LogP contribution >= 0.6 is 11.6 Å². The molecule has 25 heavy (non-hydrogen) atoms. The van der Waals surface area contributed by atoms with Crippen molar-refractivity contribution in [2.45, 2.75) is 6.42 Å². The highest BCUT2D eigenvalue weighted by Gasteiger charge is 2.23. The lowest BCUT2D eigenvalue weighted by Gasteiger charge is -2.36. The Morgan fingerprint density at radius 2 is 2.08 bits per heavy atom. The first-order valence-corrected chi connectivity index (χ1v) is 9.16. The first kappa shape index (κ1) is 16.6. The van der Waals surface area contributed by atoms with E-state index in [-0.39, 0.29) is 0 Å². The summed E-state index contributed by atoms with van der Waals surface area (Å²) in [6.45, 7) is 6.86. The van der Waals surface area contributed by atoms with Crippen LogP contribution in [0, 0.1) is 17.2 Å². The minimum Gasteiger partial charge on any atom is -0.381 e. The van der Waals surface area contributed by atoms with Crippen molar-refractivity contribution in [1.29, 1.82) is 5.26 Å². The Bertz CT molecular complexity index is 805. The number of nitrogens with zero attached hydrogens (tertiary/aromatic N) is 4. The van der Waals surface area contributed by atoms with Crippen molar-refractivity contribution >= 4 is 28.3 Å². The summed E-state index contributed by atoms with van der Waals surface area (Å²) in [5.41, 5.74) is 1.46. The van der Waals surface area contributed by atoms with Crippen LogP contribution in [-0.4, -0.2) is 55.8 Å². The first-order chi connectivity index (χ1) is 12.2. The van der Waals surface area contributed by atoms with E-state index >= 15 is 0 Å². The number of pyridine rings is 1. The zero-order valence-corrected chi connectivity index (χ0v) is 14.9. The molecule has 2 aliphatic rings. The van der Waals surface area contributed by atoms with Crippen molar-refractivity contribution in [2.24, 2.45) is 5.92 Å². The topological polar surface area (TPSA) is 52.4 Å².